The number of hydrogen-bond donors (Lipinski definition) is 0. The third kappa shape index (κ3) is 3.06. The van der Waals surface area contributed by atoms with Crippen LogP contribution in [-0.4, -0.2) is 13.4 Å². The van der Waals surface area contributed by atoms with E-state index in [0.717, 1.165) is 17.6 Å². The number of aldehydes is 1. The van der Waals surface area contributed by atoms with Crippen molar-refractivity contribution in [2.24, 2.45) is 0 Å². The third-order valence-electron chi connectivity index (χ3n) is 2.89. The van der Waals surface area contributed by atoms with Gasteiger partial charge < -0.3 is 4.74 Å². The number of carbonyl (C=O) groups excluding carboxylic acids is 1. The lowest BCUT2D eigenvalue weighted by atomic mass is 9.97. The second-order valence-electron chi connectivity index (χ2n) is 3.94. The molecule has 0 saturated carbocycles. The van der Waals surface area contributed by atoms with E-state index in [1.54, 1.807) is 13.2 Å². The summed E-state index contributed by atoms with van der Waals surface area (Å²) in [6.07, 6.45) is 7.85. The van der Waals surface area contributed by atoms with Crippen LogP contribution >= 0.6 is 0 Å². The third-order valence-corrected chi connectivity index (χ3v) is 2.89. The molecule has 0 radical (unpaired) electrons. The van der Waals surface area contributed by atoms with Crippen LogP contribution in [0.4, 0.5) is 0 Å². The van der Waals surface area contributed by atoms with Crippen molar-refractivity contribution in [1.29, 1.82) is 0 Å². The summed E-state index contributed by atoms with van der Waals surface area (Å²) < 4.78 is 5.32. The second kappa shape index (κ2) is 6.04. The molecule has 0 N–H and O–H groups in total. The maximum absolute atomic E-state index is 10.2. The van der Waals surface area contributed by atoms with Gasteiger partial charge in [0.15, 0.2) is 0 Å². The van der Waals surface area contributed by atoms with Gasteiger partial charge >= 0.3 is 0 Å². The molecule has 2 nitrogen and oxygen atoms in total. The van der Waals surface area contributed by atoms with Crippen LogP contribution in [-0.2, 0) is 4.79 Å². The molecular weight excluding hydrogens is 212 g/mol. The Morgan fingerprint density at radius 3 is 2.35 bits per heavy atom. The largest absolute Gasteiger partial charge is 0.496 e. The number of aryl methyl sites for hydroxylation is 1. The van der Waals surface area contributed by atoms with E-state index in [0.29, 0.717) is 0 Å². The predicted molar refractivity (Wildman–Crippen MR) is 71.4 cm³/mol. The Kier molecular flexibility index (Phi) is 4.70. The van der Waals surface area contributed by atoms with Gasteiger partial charge in [0.1, 0.15) is 12.0 Å². The van der Waals surface area contributed by atoms with Crippen LogP contribution in [0, 0.1) is 20.8 Å². The highest BCUT2D eigenvalue weighted by atomic mass is 16.5. The van der Waals surface area contributed by atoms with Crippen molar-refractivity contribution in [3.8, 4) is 5.75 Å². The molecule has 0 heterocycles. The van der Waals surface area contributed by atoms with E-state index >= 15 is 0 Å². The van der Waals surface area contributed by atoms with Gasteiger partial charge in [0, 0.05) is 0 Å². The van der Waals surface area contributed by atoms with Crippen LogP contribution in [0.1, 0.15) is 22.3 Å². The van der Waals surface area contributed by atoms with Crippen molar-refractivity contribution in [2.75, 3.05) is 7.11 Å². The summed E-state index contributed by atoms with van der Waals surface area (Å²) >= 11 is 0. The summed E-state index contributed by atoms with van der Waals surface area (Å²) in [6.45, 7) is 6.18. The fraction of sp³-hybridized carbons (Fsp3) is 0.267. The number of allylic oxidation sites excluding steroid dienone is 3. The second-order valence-corrected chi connectivity index (χ2v) is 3.94. The molecule has 0 aromatic heterocycles. The minimum absolute atomic E-state index is 0.767. The van der Waals surface area contributed by atoms with Crippen molar-refractivity contribution < 1.29 is 9.53 Å². The Morgan fingerprint density at radius 1 is 1.06 bits per heavy atom. The molecule has 0 unspecified atom stereocenters. The first kappa shape index (κ1) is 13.2. The van der Waals surface area contributed by atoms with E-state index in [2.05, 4.69) is 13.8 Å². The van der Waals surface area contributed by atoms with Gasteiger partial charge in [-0.1, -0.05) is 18.2 Å². The Bertz CT molecular complexity index is 468. The van der Waals surface area contributed by atoms with E-state index in [-0.39, 0.29) is 0 Å². The Labute approximate surface area is 103 Å². The molecular formula is C15H18O2. The monoisotopic (exact) mass is 230 g/mol. The Morgan fingerprint density at radius 2 is 1.76 bits per heavy atom. The number of hydrogen-bond acceptors (Lipinski definition) is 2. The predicted octanol–water partition coefficient (Wildman–Crippen LogP) is 3.39. The van der Waals surface area contributed by atoms with Crippen molar-refractivity contribution in [2.45, 2.75) is 20.8 Å². The lowest BCUT2D eigenvalue weighted by Crippen LogP contribution is -1.95. The van der Waals surface area contributed by atoms with Gasteiger partial charge in [-0.05, 0) is 55.2 Å². The fourth-order valence-corrected chi connectivity index (χ4v) is 1.79. The van der Waals surface area contributed by atoms with Gasteiger partial charge in [0.2, 0.25) is 0 Å². The molecule has 2 heteroatoms. The van der Waals surface area contributed by atoms with Crippen LogP contribution in [0.5, 0.6) is 5.75 Å². The van der Waals surface area contributed by atoms with E-state index in [1.165, 1.54) is 22.8 Å². The zero-order valence-corrected chi connectivity index (χ0v) is 10.8. The van der Waals surface area contributed by atoms with Crippen LogP contribution in [0.2, 0.25) is 0 Å². The zero-order chi connectivity index (χ0) is 12.8. The summed E-state index contributed by atoms with van der Waals surface area (Å²) in [6, 6.07) is 2.03. The standard InChI is InChI=1S/C15H18O2/c1-11-10-15(17-4)13(3)12(2)14(11)8-6-5-7-9-16/h5-10H,1-4H3/b7-5+,8-6+. The van der Waals surface area contributed by atoms with Gasteiger partial charge in [-0.3, -0.25) is 4.79 Å². The minimum atomic E-state index is 0.767. The maximum atomic E-state index is 10.2. The van der Waals surface area contributed by atoms with E-state index in [9.17, 15) is 4.79 Å². The van der Waals surface area contributed by atoms with Gasteiger partial charge in [-0.15, -0.1) is 0 Å². The molecule has 0 spiro atoms. The molecule has 17 heavy (non-hydrogen) atoms. The molecule has 1 aromatic rings. The van der Waals surface area contributed by atoms with Crippen molar-refractivity contribution >= 4 is 12.4 Å². The molecule has 0 amide bonds. The Hall–Kier alpha value is -1.83. The molecule has 0 saturated heterocycles. The summed E-state index contributed by atoms with van der Waals surface area (Å²) in [5.74, 6) is 0.917. The average molecular weight is 230 g/mol. The lowest BCUT2D eigenvalue weighted by Gasteiger charge is -2.13. The highest BCUT2D eigenvalue weighted by molar-refractivity contribution is 5.67. The topological polar surface area (TPSA) is 26.3 Å². The van der Waals surface area contributed by atoms with Gasteiger partial charge in [-0.2, -0.15) is 0 Å². The summed E-state index contributed by atoms with van der Waals surface area (Å²) in [7, 11) is 1.68. The van der Waals surface area contributed by atoms with Gasteiger partial charge in [-0.25, -0.2) is 0 Å². The molecule has 0 aliphatic rings. The van der Waals surface area contributed by atoms with Crippen molar-refractivity contribution in [3.05, 3.63) is 46.5 Å². The van der Waals surface area contributed by atoms with Crippen LogP contribution in [0.15, 0.2) is 24.3 Å². The van der Waals surface area contributed by atoms with Crippen molar-refractivity contribution in [3.63, 3.8) is 0 Å². The lowest BCUT2D eigenvalue weighted by molar-refractivity contribution is -0.104. The zero-order valence-electron chi connectivity index (χ0n) is 10.8. The van der Waals surface area contributed by atoms with Crippen LogP contribution in [0.3, 0.4) is 0 Å². The van der Waals surface area contributed by atoms with E-state index in [1.807, 2.05) is 25.1 Å². The molecule has 0 aliphatic heterocycles. The molecule has 90 valence electrons. The molecule has 0 bridgehead atoms. The average Bonchev–Trinajstić information content (AvgIpc) is 2.32. The smallest absolute Gasteiger partial charge is 0.142 e. The first-order valence-electron chi connectivity index (χ1n) is 5.55. The fourth-order valence-electron chi connectivity index (χ4n) is 1.79. The van der Waals surface area contributed by atoms with E-state index in [4.69, 9.17) is 4.74 Å². The molecule has 1 rings (SSSR count). The minimum Gasteiger partial charge on any atom is -0.496 e. The molecule has 1 aromatic carbocycles. The summed E-state index contributed by atoms with van der Waals surface area (Å²) in [4.78, 5) is 10.2. The maximum Gasteiger partial charge on any atom is 0.142 e. The first-order valence-corrected chi connectivity index (χ1v) is 5.55. The quantitative estimate of drug-likeness (QED) is 0.450. The molecule has 0 fully saturated rings. The molecule has 0 atom stereocenters. The number of rotatable bonds is 4. The highest BCUT2D eigenvalue weighted by Gasteiger charge is 2.07. The number of benzene rings is 1. The molecule has 0 aliphatic carbocycles. The number of carbonyl (C=O) groups is 1. The first-order chi connectivity index (χ1) is 8.11. The van der Waals surface area contributed by atoms with E-state index < -0.39 is 0 Å². The van der Waals surface area contributed by atoms with Gasteiger partial charge in [0.25, 0.3) is 0 Å². The van der Waals surface area contributed by atoms with Crippen molar-refractivity contribution in [1.82, 2.24) is 0 Å². The highest BCUT2D eigenvalue weighted by Crippen LogP contribution is 2.28. The Balaban J connectivity index is 3.17. The summed E-state index contributed by atoms with van der Waals surface area (Å²) in [5, 5.41) is 0. The number of ether oxygens (including phenoxy) is 1. The SMILES string of the molecule is COc1cc(C)c(/C=C/C=C/C=O)c(C)c1C. The number of methoxy groups -OCH3 is 1. The van der Waals surface area contributed by atoms with Crippen LogP contribution < -0.4 is 4.74 Å². The normalized spacial score (nSPS) is 11.3. The van der Waals surface area contributed by atoms with Gasteiger partial charge in [0.05, 0.1) is 7.11 Å². The van der Waals surface area contributed by atoms with Crippen LogP contribution in [0.25, 0.3) is 6.08 Å². The summed E-state index contributed by atoms with van der Waals surface area (Å²) in [5.41, 5.74) is 4.70.